The Morgan fingerprint density at radius 2 is 2.11 bits per heavy atom. The molecule has 0 aliphatic heterocycles. The van der Waals surface area contributed by atoms with Gasteiger partial charge in [0.1, 0.15) is 0 Å². The van der Waals surface area contributed by atoms with Crippen molar-refractivity contribution in [2.45, 2.75) is 39.2 Å². The first-order chi connectivity index (χ1) is 8.37. The zero-order valence-electron chi connectivity index (χ0n) is 11.4. The standard InChI is InChI=1S/C12H24N2O4/c1-4-12(2,11(16)17)8-14-10(15)9(13)6-5-7-18-3/h9H,4-8,13H2,1-3H3,(H,14,15)(H,16,17). The van der Waals surface area contributed by atoms with E-state index in [-0.39, 0.29) is 12.5 Å². The van der Waals surface area contributed by atoms with E-state index in [0.717, 1.165) is 0 Å². The van der Waals surface area contributed by atoms with E-state index >= 15 is 0 Å². The van der Waals surface area contributed by atoms with Gasteiger partial charge in [-0.25, -0.2) is 0 Å². The van der Waals surface area contributed by atoms with E-state index in [2.05, 4.69) is 5.32 Å². The Kier molecular flexibility index (Phi) is 7.54. The van der Waals surface area contributed by atoms with Crippen molar-refractivity contribution in [1.82, 2.24) is 5.32 Å². The number of aliphatic carboxylic acids is 1. The number of ether oxygens (including phenoxy) is 1. The predicted octanol–water partition coefficient (Wildman–Crippen LogP) is 0.357. The van der Waals surface area contributed by atoms with E-state index in [1.165, 1.54) is 0 Å². The lowest BCUT2D eigenvalue weighted by atomic mass is 9.87. The van der Waals surface area contributed by atoms with Crippen molar-refractivity contribution in [3.05, 3.63) is 0 Å². The Bertz CT molecular complexity index is 283. The molecule has 2 unspecified atom stereocenters. The first kappa shape index (κ1) is 16.9. The molecule has 0 aromatic rings. The van der Waals surface area contributed by atoms with Crippen LogP contribution in [0.4, 0.5) is 0 Å². The number of amides is 1. The number of methoxy groups -OCH3 is 1. The Hall–Kier alpha value is -1.14. The molecule has 0 heterocycles. The van der Waals surface area contributed by atoms with Gasteiger partial charge >= 0.3 is 5.97 Å². The Morgan fingerprint density at radius 3 is 2.56 bits per heavy atom. The summed E-state index contributed by atoms with van der Waals surface area (Å²) in [4.78, 5) is 22.7. The highest BCUT2D eigenvalue weighted by Crippen LogP contribution is 2.19. The van der Waals surface area contributed by atoms with E-state index in [0.29, 0.717) is 25.9 Å². The third-order valence-corrected chi connectivity index (χ3v) is 3.15. The van der Waals surface area contributed by atoms with Gasteiger partial charge in [0.2, 0.25) is 5.91 Å². The number of hydrogen-bond donors (Lipinski definition) is 3. The van der Waals surface area contributed by atoms with Crippen LogP contribution < -0.4 is 11.1 Å². The van der Waals surface area contributed by atoms with Crippen molar-refractivity contribution < 1.29 is 19.4 Å². The molecule has 0 aliphatic rings. The summed E-state index contributed by atoms with van der Waals surface area (Å²) in [5.74, 6) is -1.23. The lowest BCUT2D eigenvalue weighted by Crippen LogP contribution is -2.46. The van der Waals surface area contributed by atoms with Gasteiger partial charge in [-0.1, -0.05) is 6.92 Å². The number of carboxylic acid groups (broad SMARTS) is 1. The summed E-state index contributed by atoms with van der Waals surface area (Å²) < 4.78 is 4.87. The average Bonchev–Trinajstić information content (AvgIpc) is 2.35. The summed E-state index contributed by atoms with van der Waals surface area (Å²) >= 11 is 0. The van der Waals surface area contributed by atoms with Gasteiger partial charge in [-0.2, -0.15) is 0 Å². The lowest BCUT2D eigenvalue weighted by Gasteiger charge is -2.24. The molecule has 0 aromatic carbocycles. The van der Waals surface area contributed by atoms with Gasteiger partial charge in [0.25, 0.3) is 0 Å². The number of rotatable bonds is 9. The van der Waals surface area contributed by atoms with Crippen LogP contribution in [-0.4, -0.2) is 43.3 Å². The van der Waals surface area contributed by atoms with Crippen LogP contribution in [0.5, 0.6) is 0 Å². The first-order valence-corrected chi connectivity index (χ1v) is 6.13. The van der Waals surface area contributed by atoms with Crippen LogP contribution in [0.15, 0.2) is 0 Å². The fourth-order valence-electron chi connectivity index (χ4n) is 1.34. The highest BCUT2D eigenvalue weighted by Gasteiger charge is 2.31. The van der Waals surface area contributed by atoms with Crippen molar-refractivity contribution in [3.8, 4) is 0 Å². The monoisotopic (exact) mass is 260 g/mol. The molecular formula is C12H24N2O4. The minimum absolute atomic E-state index is 0.0929. The number of carboxylic acids is 1. The van der Waals surface area contributed by atoms with Crippen molar-refractivity contribution in [2.75, 3.05) is 20.3 Å². The van der Waals surface area contributed by atoms with E-state index < -0.39 is 17.4 Å². The molecule has 0 bridgehead atoms. The minimum atomic E-state index is -0.943. The van der Waals surface area contributed by atoms with E-state index in [1.54, 1.807) is 21.0 Å². The lowest BCUT2D eigenvalue weighted by molar-refractivity contribution is -0.148. The third-order valence-electron chi connectivity index (χ3n) is 3.15. The summed E-state index contributed by atoms with van der Waals surface area (Å²) in [6.45, 7) is 4.03. The van der Waals surface area contributed by atoms with Gasteiger partial charge in [-0.05, 0) is 26.2 Å². The molecule has 0 saturated carbocycles. The molecule has 0 spiro atoms. The highest BCUT2D eigenvalue weighted by atomic mass is 16.5. The summed E-state index contributed by atoms with van der Waals surface area (Å²) in [5.41, 5.74) is 4.75. The maximum absolute atomic E-state index is 11.7. The normalized spacial score (nSPS) is 15.8. The maximum Gasteiger partial charge on any atom is 0.311 e. The SMILES string of the molecule is CCC(C)(CNC(=O)C(N)CCCOC)C(=O)O. The summed E-state index contributed by atoms with van der Waals surface area (Å²) in [6, 6.07) is -0.616. The molecule has 0 aliphatic carbocycles. The fourth-order valence-corrected chi connectivity index (χ4v) is 1.34. The molecule has 1 amide bonds. The largest absolute Gasteiger partial charge is 0.481 e. The molecule has 106 valence electrons. The van der Waals surface area contributed by atoms with Gasteiger partial charge < -0.3 is 20.9 Å². The number of nitrogens with one attached hydrogen (secondary N) is 1. The van der Waals surface area contributed by atoms with Crippen LogP contribution in [0.1, 0.15) is 33.1 Å². The van der Waals surface area contributed by atoms with Crippen molar-refractivity contribution in [1.29, 1.82) is 0 Å². The average molecular weight is 260 g/mol. The molecule has 0 radical (unpaired) electrons. The van der Waals surface area contributed by atoms with E-state index in [4.69, 9.17) is 15.6 Å². The second-order valence-electron chi connectivity index (χ2n) is 4.68. The molecule has 0 rings (SSSR count). The Labute approximate surface area is 108 Å². The zero-order valence-corrected chi connectivity index (χ0v) is 11.4. The van der Waals surface area contributed by atoms with Crippen LogP contribution in [-0.2, 0) is 14.3 Å². The molecule has 0 fully saturated rings. The molecule has 0 saturated heterocycles. The minimum Gasteiger partial charge on any atom is -0.481 e. The van der Waals surface area contributed by atoms with Crippen LogP contribution in [0.2, 0.25) is 0 Å². The van der Waals surface area contributed by atoms with Gasteiger partial charge in [-0.15, -0.1) is 0 Å². The molecule has 6 heteroatoms. The second-order valence-corrected chi connectivity index (χ2v) is 4.68. The zero-order chi connectivity index (χ0) is 14.2. The summed E-state index contributed by atoms with van der Waals surface area (Å²) in [5, 5.41) is 11.7. The Balaban J connectivity index is 4.12. The smallest absolute Gasteiger partial charge is 0.311 e. The van der Waals surface area contributed by atoms with Crippen LogP contribution in [0.25, 0.3) is 0 Å². The Morgan fingerprint density at radius 1 is 1.50 bits per heavy atom. The van der Waals surface area contributed by atoms with Gasteiger partial charge in [0, 0.05) is 20.3 Å². The third kappa shape index (κ3) is 5.46. The second kappa shape index (κ2) is 8.05. The molecule has 4 N–H and O–H groups in total. The first-order valence-electron chi connectivity index (χ1n) is 6.13. The molecule has 6 nitrogen and oxygen atoms in total. The van der Waals surface area contributed by atoms with Crippen LogP contribution >= 0.6 is 0 Å². The topological polar surface area (TPSA) is 102 Å². The van der Waals surface area contributed by atoms with Gasteiger partial charge in [0.15, 0.2) is 0 Å². The molecular weight excluding hydrogens is 236 g/mol. The molecule has 0 aromatic heterocycles. The number of hydrogen-bond acceptors (Lipinski definition) is 4. The van der Waals surface area contributed by atoms with Gasteiger partial charge in [0.05, 0.1) is 11.5 Å². The summed E-state index contributed by atoms with van der Waals surface area (Å²) in [7, 11) is 1.59. The quantitative estimate of drug-likeness (QED) is 0.519. The van der Waals surface area contributed by atoms with Crippen molar-refractivity contribution >= 4 is 11.9 Å². The van der Waals surface area contributed by atoms with Crippen LogP contribution in [0.3, 0.4) is 0 Å². The van der Waals surface area contributed by atoms with E-state index in [1.807, 2.05) is 0 Å². The molecule has 2 atom stereocenters. The van der Waals surface area contributed by atoms with Crippen molar-refractivity contribution in [2.24, 2.45) is 11.1 Å². The fraction of sp³-hybridized carbons (Fsp3) is 0.833. The van der Waals surface area contributed by atoms with Gasteiger partial charge in [-0.3, -0.25) is 9.59 Å². The maximum atomic E-state index is 11.7. The number of carbonyl (C=O) groups is 2. The number of nitrogens with two attached hydrogens (primary N) is 1. The molecule has 18 heavy (non-hydrogen) atoms. The van der Waals surface area contributed by atoms with Crippen LogP contribution in [0, 0.1) is 5.41 Å². The van der Waals surface area contributed by atoms with E-state index in [9.17, 15) is 9.59 Å². The predicted molar refractivity (Wildman–Crippen MR) is 68.1 cm³/mol. The number of carbonyl (C=O) groups excluding carboxylic acids is 1. The van der Waals surface area contributed by atoms with Crippen molar-refractivity contribution in [3.63, 3.8) is 0 Å². The summed E-state index contributed by atoms with van der Waals surface area (Å²) in [6.07, 6.45) is 1.67. The highest BCUT2D eigenvalue weighted by molar-refractivity contribution is 5.82.